The number of morpholine rings is 1. The van der Waals surface area contributed by atoms with Crippen molar-refractivity contribution in [1.82, 2.24) is 29.4 Å². The Labute approximate surface area is 210 Å². The first kappa shape index (κ1) is 22.4. The van der Waals surface area contributed by atoms with Gasteiger partial charge in [0, 0.05) is 63.1 Å². The molecule has 0 spiro atoms. The van der Waals surface area contributed by atoms with Crippen LogP contribution in [0.15, 0.2) is 17.1 Å². The highest BCUT2D eigenvalue weighted by Crippen LogP contribution is 2.52. The fourth-order valence-electron chi connectivity index (χ4n) is 6.56. The van der Waals surface area contributed by atoms with Crippen molar-refractivity contribution in [1.29, 1.82) is 0 Å². The lowest BCUT2D eigenvalue weighted by Gasteiger charge is -2.33. The number of ether oxygens (including phenoxy) is 1. The van der Waals surface area contributed by atoms with Gasteiger partial charge in [-0.2, -0.15) is 10.2 Å². The molecule has 10 nitrogen and oxygen atoms in total. The van der Waals surface area contributed by atoms with E-state index in [0.717, 1.165) is 56.5 Å². The Bertz CT molecular complexity index is 1320. The SMILES string of the molecule is Cn1nc(-c2cn(C(C3CC3)C3CC3)c(=O)c3c(N)n[nH]c23)cc1N1CCC[C@H]1CN1CCOCC1. The van der Waals surface area contributed by atoms with Crippen LogP contribution in [0.5, 0.6) is 0 Å². The number of pyridine rings is 1. The van der Waals surface area contributed by atoms with Gasteiger partial charge < -0.3 is 19.9 Å². The van der Waals surface area contributed by atoms with Crippen molar-refractivity contribution in [3.8, 4) is 11.3 Å². The van der Waals surface area contributed by atoms with Gasteiger partial charge in [0.2, 0.25) is 0 Å². The number of fused-ring (bicyclic) bond motifs is 1. The molecule has 3 N–H and O–H groups in total. The maximum atomic E-state index is 13.6. The smallest absolute Gasteiger partial charge is 0.264 e. The van der Waals surface area contributed by atoms with Gasteiger partial charge in [-0.25, -0.2) is 0 Å². The average Bonchev–Trinajstić information content (AvgIpc) is 3.78. The van der Waals surface area contributed by atoms with E-state index in [1.807, 2.05) is 22.5 Å². The zero-order valence-corrected chi connectivity index (χ0v) is 21.0. The number of anilines is 2. The molecule has 2 saturated heterocycles. The van der Waals surface area contributed by atoms with Gasteiger partial charge in [-0.3, -0.25) is 19.5 Å². The summed E-state index contributed by atoms with van der Waals surface area (Å²) in [4.78, 5) is 18.6. The minimum absolute atomic E-state index is 0.0231. The highest BCUT2D eigenvalue weighted by Gasteiger charge is 2.43. The number of hydrogen-bond donors (Lipinski definition) is 2. The first-order chi connectivity index (χ1) is 17.6. The normalized spacial score (nSPS) is 23.4. The molecule has 36 heavy (non-hydrogen) atoms. The number of nitrogens with zero attached hydrogens (tertiary/aromatic N) is 6. The number of rotatable bonds is 7. The monoisotopic (exact) mass is 492 g/mol. The summed E-state index contributed by atoms with van der Waals surface area (Å²) in [7, 11) is 2.02. The molecular formula is C26H36N8O2. The van der Waals surface area contributed by atoms with Gasteiger partial charge >= 0.3 is 0 Å². The van der Waals surface area contributed by atoms with E-state index in [4.69, 9.17) is 15.6 Å². The van der Waals surface area contributed by atoms with Crippen molar-refractivity contribution < 1.29 is 4.74 Å². The van der Waals surface area contributed by atoms with Crippen molar-refractivity contribution in [2.75, 3.05) is 50.0 Å². The van der Waals surface area contributed by atoms with Gasteiger partial charge in [-0.15, -0.1) is 0 Å². The molecule has 3 aromatic heterocycles. The third-order valence-electron chi connectivity index (χ3n) is 8.69. The molecule has 0 aromatic carbocycles. The molecule has 3 aromatic rings. The summed E-state index contributed by atoms with van der Waals surface area (Å²) < 4.78 is 9.52. The number of aromatic nitrogens is 5. The van der Waals surface area contributed by atoms with E-state index in [1.165, 1.54) is 38.5 Å². The Hall–Kier alpha value is -2.85. The molecule has 7 rings (SSSR count). The molecule has 1 atom stereocenters. The lowest BCUT2D eigenvalue weighted by Crippen LogP contribution is -2.45. The number of aromatic amines is 1. The summed E-state index contributed by atoms with van der Waals surface area (Å²) in [6, 6.07) is 2.91. The summed E-state index contributed by atoms with van der Waals surface area (Å²) in [6.07, 6.45) is 9.22. The molecule has 10 heteroatoms. The summed E-state index contributed by atoms with van der Waals surface area (Å²) >= 11 is 0. The van der Waals surface area contributed by atoms with Crippen LogP contribution in [0.1, 0.15) is 44.6 Å². The van der Waals surface area contributed by atoms with Crippen molar-refractivity contribution in [2.24, 2.45) is 18.9 Å². The Kier molecular flexibility index (Phi) is 5.35. The van der Waals surface area contributed by atoms with Crippen molar-refractivity contribution >= 4 is 22.5 Å². The summed E-state index contributed by atoms with van der Waals surface area (Å²) in [5, 5.41) is 12.7. The van der Waals surface area contributed by atoms with E-state index in [1.54, 1.807) is 0 Å². The predicted octanol–water partition coefficient (Wildman–Crippen LogP) is 2.37. The number of H-pyrrole nitrogens is 1. The summed E-state index contributed by atoms with van der Waals surface area (Å²) in [6.45, 7) is 5.75. The van der Waals surface area contributed by atoms with Gasteiger partial charge in [-0.05, 0) is 50.4 Å². The van der Waals surface area contributed by atoms with Crippen molar-refractivity contribution in [3.63, 3.8) is 0 Å². The van der Waals surface area contributed by atoms with E-state index in [-0.39, 0.29) is 17.4 Å². The van der Waals surface area contributed by atoms with Crippen LogP contribution in [-0.4, -0.2) is 74.9 Å². The molecule has 2 aliphatic heterocycles. The van der Waals surface area contributed by atoms with Crippen LogP contribution < -0.4 is 16.2 Å². The van der Waals surface area contributed by atoms with Crippen LogP contribution >= 0.6 is 0 Å². The molecule has 0 radical (unpaired) electrons. The standard InChI is InChI=1S/C26H36N8O2/c1-31-21(33-8-2-3-18(33)14-32-9-11-36-12-10-32)13-20(30-31)19-15-34(24(16-4-5-16)17-6-7-17)26(35)22-23(19)28-29-25(22)27/h13,15-18,24H,2-12,14H2,1H3,(H3,27,28,29)/t18-/m0/s1. The maximum absolute atomic E-state index is 13.6. The molecule has 0 amide bonds. The molecule has 4 aliphatic rings. The van der Waals surface area contributed by atoms with Gasteiger partial charge in [0.25, 0.3) is 5.56 Å². The van der Waals surface area contributed by atoms with Crippen LogP contribution in [-0.2, 0) is 11.8 Å². The van der Waals surface area contributed by atoms with Crippen LogP contribution in [0, 0.1) is 11.8 Å². The first-order valence-corrected chi connectivity index (χ1v) is 13.6. The molecule has 5 heterocycles. The highest BCUT2D eigenvalue weighted by atomic mass is 16.5. The van der Waals surface area contributed by atoms with E-state index in [0.29, 0.717) is 28.8 Å². The third kappa shape index (κ3) is 3.82. The zero-order valence-electron chi connectivity index (χ0n) is 21.0. The molecule has 2 saturated carbocycles. The Morgan fingerprint density at radius 2 is 1.89 bits per heavy atom. The highest BCUT2D eigenvalue weighted by molar-refractivity contribution is 5.97. The van der Waals surface area contributed by atoms with E-state index >= 15 is 0 Å². The van der Waals surface area contributed by atoms with Crippen molar-refractivity contribution in [3.05, 3.63) is 22.6 Å². The van der Waals surface area contributed by atoms with Gasteiger partial charge in [0.1, 0.15) is 11.2 Å². The van der Waals surface area contributed by atoms with Gasteiger partial charge in [0.05, 0.1) is 24.4 Å². The van der Waals surface area contributed by atoms with Gasteiger partial charge in [-0.1, -0.05) is 0 Å². The summed E-state index contributed by atoms with van der Waals surface area (Å²) in [5.74, 6) is 2.59. The third-order valence-corrected chi connectivity index (χ3v) is 8.69. The average molecular weight is 493 g/mol. The van der Waals surface area contributed by atoms with Crippen LogP contribution in [0.25, 0.3) is 22.2 Å². The number of hydrogen-bond acceptors (Lipinski definition) is 7. The lowest BCUT2D eigenvalue weighted by molar-refractivity contribution is 0.0354. The number of aryl methyl sites for hydroxylation is 1. The predicted molar refractivity (Wildman–Crippen MR) is 139 cm³/mol. The maximum Gasteiger partial charge on any atom is 0.264 e. The molecule has 2 aliphatic carbocycles. The van der Waals surface area contributed by atoms with Crippen LogP contribution in [0.3, 0.4) is 0 Å². The quantitative estimate of drug-likeness (QED) is 0.521. The second kappa shape index (κ2) is 8.62. The fourth-order valence-corrected chi connectivity index (χ4v) is 6.56. The Morgan fingerprint density at radius 1 is 1.14 bits per heavy atom. The Morgan fingerprint density at radius 3 is 2.61 bits per heavy atom. The minimum atomic E-state index is -0.0231. The van der Waals surface area contributed by atoms with Gasteiger partial charge in [0.15, 0.2) is 5.82 Å². The first-order valence-electron chi connectivity index (χ1n) is 13.6. The zero-order chi connectivity index (χ0) is 24.4. The van der Waals surface area contributed by atoms with Crippen molar-refractivity contribution in [2.45, 2.75) is 50.6 Å². The second-order valence-electron chi connectivity index (χ2n) is 11.2. The number of nitrogens with two attached hydrogens (primary N) is 1. The van der Waals surface area contributed by atoms with E-state index in [9.17, 15) is 4.79 Å². The minimum Gasteiger partial charge on any atom is -0.382 e. The Balaban J connectivity index is 1.27. The van der Waals surface area contributed by atoms with E-state index < -0.39 is 0 Å². The molecular weight excluding hydrogens is 456 g/mol. The number of nitrogens with one attached hydrogen (secondary N) is 1. The molecule has 0 unspecified atom stereocenters. The molecule has 4 fully saturated rings. The second-order valence-corrected chi connectivity index (χ2v) is 11.2. The molecule has 0 bridgehead atoms. The lowest BCUT2D eigenvalue weighted by atomic mass is 10.0. The largest absolute Gasteiger partial charge is 0.382 e. The number of nitrogen functional groups attached to an aromatic ring is 1. The summed E-state index contributed by atoms with van der Waals surface area (Å²) in [5.41, 5.74) is 8.65. The van der Waals surface area contributed by atoms with Crippen LogP contribution in [0.4, 0.5) is 11.6 Å². The molecule has 192 valence electrons. The fraction of sp³-hybridized carbons (Fsp3) is 0.654. The van der Waals surface area contributed by atoms with Crippen LogP contribution in [0.2, 0.25) is 0 Å². The van der Waals surface area contributed by atoms with E-state index in [2.05, 4.69) is 26.1 Å². The topological polar surface area (TPSA) is 110 Å².